The third kappa shape index (κ3) is 26.1. The smallest absolute Gasteiger partial charge is 0.245 e. The molecular formula is C57H96N12O14. The summed E-state index contributed by atoms with van der Waals surface area (Å²) in [6.45, 7) is 4.85. The Labute approximate surface area is 487 Å². The lowest BCUT2D eigenvalue weighted by atomic mass is 9.90. The van der Waals surface area contributed by atoms with Crippen LogP contribution in [0.3, 0.4) is 0 Å². The van der Waals surface area contributed by atoms with E-state index in [2.05, 4.69) is 44.1 Å². The van der Waals surface area contributed by atoms with Gasteiger partial charge in [-0.2, -0.15) is 0 Å². The first kappa shape index (κ1) is 73.0. The molecule has 83 heavy (non-hydrogen) atoms. The number of unbranched alkanes of at least 4 members (excludes halogenated alkanes) is 4. The quantitative estimate of drug-likeness (QED) is 0.0346. The normalized spacial score (nSPS) is 23.4. The highest BCUT2D eigenvalue weighted by molar-refractivity contribution is 5.99. The van der Waals surface area contributed by atoms with E-state index in [9.17, 15) is 68.1 Å². The van der Waals surface area contributed by atoms with Gasteiger partial charge in [0, 0.05) is 62.3 Å². The number of aliphatic hydroxyl groups is 3. The van der Waals surface area contributed by atoms with Crippen LogP contribution in [0.5, 0.6) is 0 Å². The Kier molecular flexibility index (Phi) is 34.7. The number of carbonyl (C=O) groups excluding carboxylic acids is 11. The molecule has 0 aliphatic carbocycles. The minimum Gasteiger partial charge on any atom is -0.391 e. The molecule has 1 heterocycles. The monoisotopic (exact) mass is 1170 g/mol. The van der Waals surface area contributed by atoms with E-state index < -0.39 is 169 Å². The van der Waals surface area contributed by atoms with Crippen LogP contribution < -0.4 is 65.9 Å². The molecule has 0 bridgehead atoms. The highest BCUT2D eigenvalue weighted by Crippen LogP contribution is 2.20. The summed E-state index contributed by atoms with van der Waals surface area (Å²) in [7, 11) is 0. The largest absolute Gasteiger partial charge is 0.391 e. The lowest BCUT2D eigenvalue weighted by molar-refractivity contribution is -0.137. The number of nitrogens with two attached hydrogens (primary N) is 5. The van der Waals surface area contributed by atoms with Gasteiger partial charge >= 0.3 is 0 Å². The zero-order valence-corrected chi connectivity index (χ0v) is 48.9. The van der Waals surface area contributed by atoms with Crippen molar-refractivity contribution in [3.05, 3.63) is 35.9 Å². The van der Waals surface area contributed by atoms with Crippen LogP contribution in [0.2, 0.25) is 0 Å². The summed E-state index contributed by atoms with van der Waals surface area (Å²) in [5.74, 6) is -13.2. The van der Waals surface area contributed by atoms with E-state index in [1.54, 1.807) is 30.3 Å². The van der Waals surface area contributed by atoms with Gasteiger partial charge < -0.3 is 81.2 Å². The average Bonchev–Trinajstić information content (AvgIpc) is 3.48. The Hall–Kier alpha value is -6.13. The lowest BCUT2D eigenvalue weighted by Gasteiger charge is -2.28. The summed E-state index contributed by atoms with van der Waals surface area (Å²) in [6.07, 6.45) is -2.52. The number of Topliss-reactive ketones (excluding diaryl/α,β-unsaturated/α-hetero) is 4. The molecule has 0 radical (unpaired) electrons. The van der Waals surface area contributed by atoms with Crippen molar-refractivity contribution in [2.45, 2.75) is 191 Å². The molecule has 20 N–H and O–H groups in total. The van der Waals surface area contributed by atoms with Gasteiger partial charge in [0.05, 0.1) is 30.4 Å². The molecule has 1 saturated heterocycles. The van der Waals surface area contributed by atoms with E-state index in [1.165, 1.54) is 20.8 Å². The number of rotatable bonds is 30. The molecular weight excluding hydrogens is 1080 g/mol. The first-order valence-corrected chi connectivity index (χ1v) is 29.2. The van der Waals surface area contributed by atoms with Crippen molar-refractivity contribution >= 4 is 64.5 Å². The number of hydrogen-bond acceptors (Lipinski definition) is 19. The van der Waals surface area contributed by atoms with Gasteiger partial charge in [0.2, 0.25) is 41.4 Å². The minimum atomic E-state index is -1.69. The number of hydrogen-bond donors (Lipinski definition) is 15. The Morgan fingerprint density at radius 1 is 0.602 bits per heavy atom. The number of nitrogens with one attached hydrogen (secondary N) is 7. The van der Waals surface area contributed by atoms with Gasteiger partial charge in [-0.3, -0.25) is 52.7 Å². The highest BCUT2D eigenvalue weighted by Gasteiger charge is 2.38. The number of benzene rings is 1. The van der Waals surface area contributed by atoms with E-state index in [4.69, 9.17) is 28.7 Å². The SMILES string of the molecule is CCCCCCCC(=O)C[C@@H](CCN)C(=O)N[C@H](C(=O)C[C@H](CCN)C(=O)N[C@H]1CCNC(=O)[C@H]([C@@H](C)O)NC(=O)[C@H](CCN)CC(=O)[C@H](CCN)NC(=O)[C@H]([C@@H](C)O)NC(=O)[C@@H](Cc2ccccc2)CC(=O)[C@H](CCN)NC1=O)[C@@H](C)O. The van der Waals surface area contributed by atoms with Crippen molar-refractivity contribution in [1.82, 2.24) is 37.2 Å². The third-order valence-corrected chi connectivity index (χ3v) is 14.7. The van der Waals surface area contributed by atoms with Crippen LogP contribution >= 0.6 is 0 Å². The molecule has 13 atom stereocenters. The molecule has 7 amide bonds. The van der Waals surface area contributed by atoms with Crippen molar-refractivity contribution in [3.63, 3.8) is 0 Å². The fourth-order valence-corrected chi connectivity index (χ4v) is 9.78. The standard InChI is InChI=1S/C57H96N12O14/c1-5-6-7-8-12-15-41(73)29-37(16-22-58)52(78)67-48(33(2)70)47(76)31-39(18-24-60)51(77)66-44-21-27-63-56(82)49(34(3)71)68-53(79)38(17-23-59)30-45(74)43(20-26-62)65-57(83)50(35(4)72)69-54(80)40(28-36-13-10-9-11-14-36)32-46(75)42(19-25-61)64-55(44)81/h9-11,13-14,33-35,37-40,42-44,48-50,70-72H,5-8,12,15-32,58-62H2,1-4H3,(H,63,82)(H,64,81)(H,65,83)(H,66,77)(H,67,78)(H,68,79)(H,69,80)/t33-,34-,35-,37-,38-,39+,40+,42+,43+,44+,48+,49+,50+/m1/s1. The van der Waals surface area contributed by atoms with Crippen LogP contribution in [0.1, 0.15) is 136 Å². The first-order chi connectivity index (χ1) is 39.5. The molecule has 468 valence electrons. The molecule has 26 heteroatoms. The summed E-state index contributed by atoms with van der Waals surface area (Å²) in [5, 5.41) is 50.3. The third-order valence-electron chi connectivity index (χ3n) is 14.7. The van der Waals surface area contributed by atoms with E-state index >= 15 is 0 Å². The number of carbonyl (C=O) groups is 11. The average molecular weight is 1170 g/mol. The van der Waals surface area contributed by atoms with Crippen molar-refractivity contribution in [3.8, 4) is 0 Å². The van der Waals surface area contributed by atoms with Gasteiger partial charge in [-0.15, -0.1) is 0 Å². The minimum absolute atomic E-state index is 0.0545. The van der Waals surface area contributed by atoms with Gasteiger partial charge in [-0.05, 0) is 110 Å². The molecule has 1 fully saturated rings. The zero-order valence-electron chi connectivity index (χ0n) is 48.9. The van der Waals surface area contributed by atoms with Gasteiger partial charge in [0.1, 0.15) is 30.0 Å². The number of ketones is 4. The van der Waals surface area contributed by atoms with Crippen molar-refractivity contribution in [2.24, 2.45) is 52.3 Å². The summed E-state index contributed by atoms with van der Waals surface area (Å²) in [5.41, 5.74) is 30.0. The summed E-state index contributed by atoms with van der Waals surface area (Å²) in [4.78, 5) is 154. The van der Waals surface area contributed by atoms with Crippen LogP contribution in [-0.4, -0.2) is 174 Å². The molecule has 1 aliphatic rings. The predicted molar refractivity (Wildman–Crippen MR) is 309 cm³/mol. The molecule has 1 aromatic carbocycles. The predicted octanol–water partition coefficient (Wildman–Crippen LogP) is -2.79. The molecule has 1 aliphatic heterocycles. The van der Waals surface area contributed by atoms with E-state index in [-0.39, 0.29) is 89.9 Å². The Morgan fingerprint density at radius 2 is 1.12 bits per heavy atom. The number of amides is 7. The lowest BCUT2D eigenvalue weighted by Crippen LogP contribution is -2.57. The van der Waals surface area contributed by atoms with Gasteiger partial charge in [-0.1, -0.05) is 62.9 Å². The molecule has 26 nitrogen and oxygen atoms in total. The fraction of sp³-hybridized carbons (Fsp3) is 0.702. The first-order valence-electron chi connectivity index (χ1n) is 29.2. The Bertz CT molecular complexity index is 2260. The maximum atomic E-state index is 14.5. The van der Waals surface area contributed by atoms with Crippen LogP contribution in [0.25, 0.3) is 0 Å². The Balaban J connectivity index is 2.67. The van der Waals surface area contributed by atoms with Crippen molar-refractivity contribution in [2.75, 3.05) is 39.3 Å². The second kappa shape index (κ2) is 39.4. The Morgan fingerprint density at radius 3 is 1.65 bits per heavy atom. The molecule has 0 spiro atoms. The molecule has 1 aromatic rings. The van der Waals surface area contributed by atoms with Crippen LogP contribution in [0.4, 0.5) is 0 Å². The summed E-state index contributed by atoms with van der Waals surface area (Å²) >= 11 is 0. The zero-order chi connectivity index (χ0) is 62.2. The number of aliphatic hydroxyl groups excluding tert-OH is 3. The molecule has 2 rings (SSSR count). The second-order valence-electron chi connectivity index (χ2n) is 21.7. The van der Waals surface area contributed by atoms with E-state index in [0.29, 0.717) is 12.0 Å². The maximum Gasteiger partial charge on any atom is 0.245 e. The molecule has 0 aromatic heterocycles. The van der Waals surface area contributed by atoms with E-state index in [0.717, 1.165) is 25.7 Å². The van der Waals surface area contributed by atoms with Crippen molar-refractivity contribution in [1.29, 1.82) is 0 Å². The van der Waals surface area contributed by atoms with Gasteiger partial charge in [0.15, 0.2) is 17.3 Å². The van der Waals surface area contributed by atoms with Crippen LogP contribution in [0, 0.1) is 23.7 Å². The molecule has 0 unspecified atom stereocenters. The van der Waals surface area contributed by atoms with Crippen molar-refractivity contribution < 1.29 is 68.1 Å². The van der Waals surface area contributed by atoms with Crippen LogP contribution in [0.15, 0.2) is 30.3 Å². The van der Waals surface area contributed by atoms with E-state index in [1.807, 2.05) is 0 Å². The summed E-state index contributed by atoms with van der Waals surface area (Å²) in [6, 6.07) is -0.714. The summed E-state index contributed by atoms with van der Waals surface area (Å²) < 4.78 is 0. The topological polar surface area (TPSA) is 463 Å². The van der Waals surface area contributed by atoms with Crippen LogP contribution in [-0.2, 0) is 59.2 Å². The van der Waals surface area contributed by atoms with Gasteiger partial charge in [-0.25, -0.2) is 0 Å². The van der Waals surface area contributed by atoms with Gasteiger partial charge in [0.25, 0.3) is 0 Å². The maximum absolute atomic E-state index is 14.5. The highest BCUT2D eigenvalue weighted by atomic mass is 16.3. The fourth-order valence-electron chi connectivity index (χ4n) is 9.78. The second-order valence-corrected chi connectivity index (χ2v) is 21.7. The molecule has 0 saturated carbocycles.